The first kappa shape index (κ1) is 14.4. The molecular weight excluding hydrogens is 248 g/mol. The van der Waals surface area contributed by atoms with Gasteiger partial charge in [-0.15, -0.1) is 0 Å². The predicted octanol–water partition coefficient (Wildman–Crippen LogP) is 3.62. The molecule has 3 heteroatoms. The van der Waals surface area contributed by atoms with Crippen LogP contribution in [0.25, 0.3) is 0 Å². The molecule has 0 saturated carbocycles. The number of para-hydroxylation sites is 1. The van der Waals surface area contributed by atoms with Gasteiger partial charge in [-0.1, -0.05) is 24.3 Å². The molecule has 0 amide bonds. The van der Waals surface area contributed by atoms with Gasteiger partial charge in [0, 0.05) is 30.5 Å². The van der Waals surface area contributed by atoms with Crippen LogP contribution in [-0.4, -0.2) is 13.7 Å². The molecule has 106 valence electrons. The van der Waals surface area contributed by atoms with Gasteiger partial charge in [0.05, 0.1) is 7.11 Å². The van der Waals surface area contributed by atoms with Crippen molar-refractivity contribution in [2.75, 3.05) is 18.6 Å². The fraction of sp³-hybridized carbons (Fsp3) is 0.294. The highest BCUT2D eigenvalue weighted by molar-refractivity contribution is 5.70. The maximum Gasteiger partial charge on any atom is 0.120 e. The molecule has 2 aromatic rings. The van der Waals surface area contributed by atoms with E-state index in [9.17, 15) is 0 Å². The Balaban J connectivity index is 2.54. The zero-order chi connectivity index (χ0) is 14.5. The van der Waals surface area contributed by atoms with Crippen LogP contribution < -0.4 is 15.4 Å². The van der Waals surface area contributed by atoms with Crippen LogP contribution >= 0.6 is 0 Å². The fourth-order valence-electron chi connectivity index (χ4n) is 2.43. The largest absolute Gasteiger partial charge is 0.497 e. The first-order valence-corrected chi connectivity index (χ1v) is 6.91. The van der Waals surface area contributed by atoms with Gasteiger partial charge >= 0.3 is 0 Å². The van der Waals surface area contributed by atoms with Crippen molar-refractivity contribution < 1.29 is 4.74 Å². The molecule has 2 aromatic carbocycles. The number of nitrogens with zero attached hydrogens (tertiary/aromatic N) is 1. The van der Waals surface area contributed by atoms with E-state index in [1.165, 1.54) is 11.3 Å². The topological polar surface area (TPSA) is 38.5 Å². The van der Waals surface area contributed by atoms with Crippen molar-refractivity contribution in [3.63, 3.8) is 0 Å². The lowest BCUT2D eigenvalue weighted by Gasteiger charge is -2.27. The van der Waals surface area contributed by atoms with Crippen LogP contribution in [0.5, 0.6) is 5.75 Å². The summed E-state index contributed by atoms with van der Waals surface area (Å²) >= 11 is 0. The lowest BCUT2D eigenvalue weighted by molar-refractivity contribution is 0.414. The Labute approximate surface area is 121 Å². The molecule has 0 fully saturated rings. The second-order valence-corrected chi connectivity index (χ2v) is 4.73. The van der Waals surface area contributed by atoms with Gasteiger partial charge in [0.15, 0.2) is 0 Å². The smallest absolute Gasteiger partial charge is 0.120 e. The maximum atomic E-state index is 5.88. The minimum Gasteiger partial charge on any atom is -0.497 e. The van der Waals surface area contributed by atoms with Crippen molar-refractivity contribution in [3.8, 4) is 5.75 Å². The van der Waals surface area contributed by atoms with Crippen LogP contribution in [-0.2, 0) is 6.54 Å². The Kier molecular flexibility index (Phi) is 4.64. The number of rotatable bonds is 5. The minimum absolute atomic E-state index is 0.516. The average Bonchev–Trinajstić information content (AvgIpc) is 2.49. The lowest BCUT2D eigenvalue weighted by Crippen LogP contribution is -2.19. The van der Waals surface area contributed by atoms with Crippen molar-refractivity contribution in [1.29, 1.82) is 0 Å². The van der Waals surface area contributed by atoms with Crippen molar-refractivity contribution in [3.05, 3.63) is 53.6 Å². The van der Waals surface area contributed by atoms with Gasteiger partial charge in [0.25, 0.3) is 0 Å². The molecule has 0 aliphatic heterocycles. The molecule has 20 heavy (non-hydrogen) atoms. The highest BCUT2D eigenvalue weighted by Gasteiger charge is 2.14. The summed E-state index contributed by atoms with van der Waals surface area (Å²) in [6.07, 6.45) is 0. The second kappa shape index (κ2) is 6.44. The molecule has 0 aromatic heterocycles. The summed E-state index contributed by atoms with van der Waals surface area (Å²) in [7, 11) is 1.69. The number of aryl methyl sites for hydroxylation is 1. The lowest BCUT2D eigenvalue weighted by atomic mass is 10.1. The van der Waals surface area contributed by atoms with Gasteiger partial charge in [-0.2, -0.15) is 0 Å². The average molecular weight is 270 g/mol. The first-order valence-electron chi connectivity index (χ1n) is 6.91. The van der Waals surface area contributed by atoms with Gasteiger partial charge in [-0.25, -0.2) is 0 Å². The Morgan fingerprint density at radius 3 is 2.45 bits per heavy atom. The first-order chi connectivity index (χ1) is 9.71. The molecule has 0 atom stereocenters. The number of nitrogens with two attached hydrogens (primary N) is 1. The third-order valence-electron chi connectivity index (χ3n) is 3.53. The molecular formula is C17H22N2O. The van der Waals surface area contributed by atoms with Crippen LogP contribution in [0.3, 0.4) is 0 Å². The second-order valence-electron chi connectivity index (χ2n) is 4.73. The summed E-state index contributed by atoms with van der Waals surface area (Å²) in [4.78, 5) is 2.28. The van der Waals surface area contributed by atoms with E-state index in [2.05, 4.69) is 49.1 Å². The zero-order valence-corrected chi connectivity index (χ0v) is 12.4. The highest BCUT2D eigenvalue weighted by Crippen LogP contribution is 2.33. The highest BCUT2D eigenvalue weighted by atomic mass is 16.5. The van der Waals surface area contributed by atoms with E-state index in [-0.39, 0.29) is 0 Å². The molecule has 0 spiro atoms. The van der Waals surface area contributed by atoms with Crippen LogP contribution in [0.2, 0.25) is 0 Å². The Morgan fingerprint density at radius 2 is 1.85 bits per heavy atom. The zero-order valence-electron chi connectivity index (χ0n) is 12.4. The number of hydrogen-bond donors (Lipinski definition) is 1. The molecule has 3 nitrogen and oxygen atoms in total. The third kappa shape index (κ3) is 2.78. The van der Waals surface area contributed by atoms with E-state index < -0.39 is 0 Å². The quantitative estimate of drug-likeness (QED) is 0.901. The van der Waals surface area contributed by atoms with E-state index in [1.54, 1.807) is 7.11 Å². The number of ether oxygens (including phenoxy) is 1. The molecule has 2 N–H and O–H groups in total. The van der Waals surface area contributed by atoms with Gasteiger partial charge in [-0.05, 0) is 37.1 Å². The van der Waals surface area contributed by atoms with Crippen molar-refractivity contribution in [2.45, 2.75) is 20.4 Å². The summed E-state index contributed by atoms with van der Waals surface area (Å²) in [6, 6.07) is 14.4. The van der Waals surface area contributed by atoms with E-state index in [0.29, 0.717) is 6.54 Å². The standard InChI is InChI=1S/C17H22N2O/c1-4-19(16-8-6-5-7-13(16)2)17-11-15(20-3)10-9-14(17)12-18/h5-11H,4,12,18H2,1-3H3. The Bertz CT molecular complexity index is 581. The molecule has 0 aliphatic carbocycles. The molecule has 0 unspecified atom stereocenters. The van der Waals surface area contributed by atoms with Crippen LogP contribution in [0.1, 0.15) is 18.1 Å². The van der Waals surface area contributed by atoms with E-state index >= 15 is 0 Å². The molecule has 0 heterocycles. The number of hydrogen-bond acceptors (Lipinski definition) is 3. The van der Waals surface area contributed by atoms with Crippen LogP contribution in [0, 0.1) is 6.92 Å². The summed E-state index contributed by atoms with van der Waals surface area (Å²) < 4.78 is 5.35. The Hall–Kier alpha value is -2.00. The third-order valence-corrected chi connectivity index (χ3v) is 3.53. The van der Waals surface area contributed by atoms with E-state index in [1.807, 2.05) is 12.1 Å². The summed E-state index contributed by atoms with van der Waals surface area (Å²) in [6.45, 7) is 5.67. The molecule has 0 bridgehead atoms. The SMILES string of the molecule is CCN(c1ccccc1C)c1cc(OC)ccc1CN. The predicted molar refractivity (Wildman–Crippen MR) is 84.7 cm³/mol. The Morgan fingerprint density at radius 1 is 1.10 bits per heavy atom. The summed E-state index contributed by atoms with van der Waals surface area (Å²) in [5.74, 6) is 0.851. The molecule has 2 rings (SSSR count). The van der Waals surface area contributed by atoms with Gasteiger partial charge in [0.2, 0.25) is 0 Å². The van der Waals surface area contributed by atoms with Crippen LogP contribution in [0.15, 0.2) is 42.5 Å². The van der Waals surface area contributed by atoms with E-state index in [4.69, 9.17) is 10.5 Å². The van der Waals surface area contributed by atoms with Crippen molar-refractivity contribution in [2.24, 2.45) is 5.73 Å². The van der Waals surface area contributed by atoms with Crippen molar-refractivity contribution in [1.82, 2.24) is 0 Å². The van der Waals surface area contributed by atoms with Crippen molar-refractivity contribution >= 4 is 11.4 Å². The van der Waals surface area contributed by atoms with Gasteiger partial charge in [0.1, 0.15) is 5.75 Å². The summed E-state index contributed by atoms with van der Waals surface area (Å²) in [5, 5.41) is 0. The normalized spacial score (nSPS) is 10.4. The minimum atomic E-state index is 0.516. The van der Waals surface area contributed by atoms with Gasteiger partial charge in [-0.3, -0.25) is 0 Å². The molecule has 0 aliphatic rings. The molecule has 0 saturated heterocycles. The fourth-order valence-corrected chi connectivity index (χ4v) is 2.43. The number of benzene rings is 2. The number of anilines is 2. The van der Waals surface area contributed by atoms with E-state index in [0.717, 1.165) is 23.5 Å². The number of methoxy groups -OCH3 is 1. The van der Waals surface area contributed by atoms with Gasteiger partial charge < -0.3 is 15.4 Å². The monoisotopic (exact) mass is 270 g/mol. The molecule has 0 radical (unpaired) electrons. The van der Waals surface area contributed by atoms with Crippen LogP contribution in [0.4, 0.5) is 11.4 Å². The summed E-state index contributed by atoms with van der Waals surface area (Å²) in [5.41, 5.74) is 10.6. The maximum absolute atomic E-state index is 5.88.